The molecule has 0 radical (unpaired) electrons. The zero-order valence-corrected chi connectivity index (χ0v) is 22.1. The van der Waals surface area contributed by atoms with Gasteiger partial charge in [0.25, 0.3) is 0 Å². The topological polar surface area (TPSA) is 0 Å². The van der Waals surface area contributed by atoms with Crippen molar-refractivity contribution in [2.24, 2.45) is 11.8 Å². The van der Waals surface area contributed by atoms with Crippen molar-refractivity contribution < 1.29 is 21.6 Å². The molecule has 0 aliphatic heterocycles. The van der Waals surface area contributed by atoms with Gasteiger partial charge in [0, 0.05) is 0 Å². The van der Waals surface area contributed by atoms with Crippen LogP contribution in [0.4, 0.5) is 0 Å². The van der Waals surface area contributed by atoms with Crippen LogP contribution in [0.2, 0.25) is 0 Å². The average Bonchev–Trinajstić information content (AvgIpc) is 3.18. The Balaban J connectivity index is -0.000000290. The molecule has 0 nitrogen and oxygen atoms in total. The third kappa shape index (κ3) is 8.88. The Hall–Kier alpha value is 0.706. The van der Waals surface area contributed by atoms with Gasteiger partial charge in [0.15, 0.2) is 0 Å². The van der Waals surface area contributed by atoms with E-state index in [0.29, 0.717) is 0 Å². The molecular weight excluding hydrogens is 475 g/mol. The number of hydrogen-bond donors (Lipinski definition) is 0. The molecule has 0 heterocycles. The number of rotatable bonds is 0. The summed E-state index contributed by atoms with van der Waals surface area (Å²) < 4.78 is 0. The third-order valence-corrected chi connectivity index (χ3v) is 4.42. The average molecular weight is 507 g/mol. The van der Waals surface area contributed by atoms with E-state index in [1.54, 1.807) is 32.7 Å². The van der Waals surface area contributed by atoms with Crippen molar-refractivity contribution in [3.63, 3.8) is 0 Å². The zero-order chi connectivity index (χ0) is 14.2. The van der Waals surface area contributed by atoms with E-state index in [0.717, 1.165) is 11.8 Å². The molecule has 0 amide bonds. The molecule has 4 rings (SSSR count). The summed E-state index contributed by atoms with van der Waals surface area (Å²) in [5, 5.41) is 0. The van der Waals surface area contributed by atoms with E-state index in [9.17, 15) is 0 Å². The summed E-state index contributed by atoms with van der Waals surface area (Å²) in [4.78, 5) is 0. The number of fused-ring (bicyclic) bond motifs is 2. The molecule has 2 fully saturated rings. The van der Waals surface area contributed by atoms with Crippen molar-refractivity contribution >= 4 is 37.0 Å². The molecule has 0 spiro atoms. The molecule has 0 aromatic rings. The molecule has 4 heteroatoms. The first kappa shape index (κ1) is 29.5. The van der Waals surface area contributed by atoms with E-state index in [1.165, 1.54) is 50.7 Å². The Bertz CT molecular complexity index is 401. The van der Waals surface area contributed by atoms with Crippen molar-refractivity contribution in [1.82, 2.24) is 0 Å². The molecule has 24 heavy (non-hydrogen) atoms. The Morgan fingerprint density at radius 2 is 1.17 bits per heavy atom. The summed E-state index contributed by atoms with van der Waals surface area (Å²) in [6.07, 6.45) is 26.1. The predicted octanol–water partition coefficient (Wildman–Crippen LogP) is 5.80. The fourth-order valence-corrected chi connectivity index (χ4v) is 3.33. The molecular formula is C20H32Cl2GeZr-4. The van der Waals surface area contributed by atoms with Gasteiger partial charge in [-0.1, -0.05) is 12.8 Å². The van der Waals surface area contributed by atoms with Gasteiger partial charge in [-0.25, -0.2) is 36.1 Å². The Labute approximate surface area is 183 Å². The standard InChI is InChI=1S/2C9H11.2CH3.2ClH.GeH2.Zr/c2*1-2-5-9-7-3-6-8(9)4-1;;;;;;/h2*1-2,4,6,9H,3,5,7H2;2*1H3;2*1H;1H2;/q4*-1;;;;. The van der Waals surface area contributed by atoms with E-state index in [-0.39, 0.29) is 39.7 Å². The minimum atomic E-state index is 0. The second-order valence-electron chi connectivity index (χ2n) is 5.62. The normalized spacial score (nSPS) is 23.5. The molecule has 0 aromatic heterocycles. The summed E-state index contributed by atoms with van der Waals surface area (Å²) in [7, 11) is 0. The van der Waals surface area contributed by atoms with E-state index >= 15 is 0 Å². The van der Waals surface area contributed by atoms with Gasteiger partial charge in [0.05, 0.1) is 0 Å². The van der Waals surface area contributed by atoms with Crippen LogP contribution in [-0.2, 0) is 21.6 Å². The molecule has 4 aliphatic carbocycles. The minimum absolute atomic E-state index is 0. The van der Waals surface area contributed by atoms with Crippen LogP contribution in [0.5, 0.6) is 0 Å². The van der Waals surface area contributed by atoms with E-state index in [1.807, 2.05) is 0 Å². The fourth-order valence-electron chi connectivity index (χ4n) is 3.33. The Morgan fingerprint density at radius 1 is 0.792 bits per heavy atom. The number of allylic oxidation sites excluding steroid dienone is 8. The van der Waals surface area contributed by atoms with Gasteiger partial charge in [-0.05, 0) is 24.7 Å². The molecule has 2 atom stereocenters. The molecule has 2 unspecified atom stereocenters. The maximum absolute atomic E-state index is 2.37. The SMILES string of the molecule is C1=CCC2CC[CH-]C2=C1.C1=CCC2CC[CH-]C2=C1.Cl.Cl.[CH3-].[CH3-].[GeH2]=[Zr]. The molecule has 0 bridgehead atoms. The van der Waals surface area contributed by atoms with E-state index in [2.05, 4.69) is 49.3 Å². The Kier molecular flexibility index (Phi) is 21.0. The van der Waals surface area contributed by atoms with Crippen molar-refractivity contribution in [3.8, 4) is 0 Å². The summed E-state index contributed by atoms with van der Waals surface area (Å²) in [5.41, 5.74) is 3.16. The summed E-state index contributed by atoms with van der Waals surface area (Å²) in [6.45, 7) is 0. The predicted molar refractivity (Wildman–Crippen MR) is 114 cm³/mol. The summed E-state index contributed by atoms with van der Waals surface area (Å²) >= 11 is 3.14. The molecule has 4 aliphatic rings. The van der Waals surface area contributed by atoms with Crippen molar-refractivity contribution in [1.29, 1.82) is 0 Å². The summed E-state index contributed by atoms with van der Waals surface area (Å²) in [6, 6.07) is 0. The van der Waals surface area contributed by atoms with Gasteiger partial charge >= 0.3 is 33.7 Å². The van der Waals surface area contributed by atoms with Crippen LogP contribution in [0.15, 0.2) is 47.6 Å². The van der Waals surface area contributed by atoms with Crippen molar-refractivity contribution in [3.05, 3.63) is 75.3 Å². The second-order valence-corrected chi connectivity index (χ2v) is 5.62. The molecule has 0 saturated heterocycles. The zero-order valence-electron chi connectivity index (χ0n) is 15.0. The van der Waals surface area contributed by atoms with Gasteiger partial charge < -0.3 is 14.9 Å². The van der Waals surface area contributed by atoms with Crippen LogP contribution >= 0.6 is 24.8 Å². The Morgan fingerprint density at radius 3 is 1.50 bits per heavy atom. The summed E-state index contributed by atoms with van der Waals surface area (Å²) in [5.74, 6) is 1.77. The van der Waals surface area contributed by atoms with Crippen molar-refractivity contribution in [2.45, 2.75) is 38.5 Å². The van der Waals surface area contributed by atoms with Crippen LogP contribution < -0.4 is 0 Å². The van der Waals surface area contributed by atoms with Gasteiger partial charge in [0.2, 0.25) is 0 Å². The first-order valence-electron chi connectivity index (χ1n) is 7.68. The van der Waals surface area contributed by atoms with Gasteiger partial charge in [-0.3, -0.25) is 0 Å². The quantitative estimate of drug-likeness (QED) is 0.288. The van der Waals surface area contributed by atoms with Gasteiger partial charge in [-0.15, -0.1) is 62.0 Å². The maximum atomic E-state index is 2.37. The van der Waals surface area contributed by atoms with Crippen LogP contribution in [0, 0.1) is 39.5 Å². The second kappa shape index (κ2) is 17.1. The molecule has 0 aromatic carbocycles. The van der Waals surface area contributed by atoms with Gasteiger partial charge in [-0.2, -0.15) is 0 Å². The third-order valence-electron chi connectivity index (χ3n) is 4.42. The van der Waals surface area contributed by atoms with Crippen LogP contribution in [0.25, 0.3) is 0 Å². The van der Waals surface area contributed by atoms with Crippen molar-refractivity contribution in [2.75, 3.05) is 0 Å². The monoisotopic (exact) mass is 506 g/mol. The molecule has 2 saturated carbocycles. The fraction of sp³-hybridized carbons (Fsp3) is 0.400. The molecule has 0 N–H and O–H groups in total. The van der Waals surface area contributed by atoms with Gasteiger partial charge in [0.1, 0.15) is 0 Å². The van der Waals surface area contributed by atoms with Crippen LogP contribution in [-0.4, -0.2) is 12.1 Å². The number of halogens is 2. The molecule has 138 valence electrons. The first-order chi connectivity index (χ1) is 9.93. The van der Waals surface area contributed by atoms with E-state index < -0.39 is 0 Å². The van der Waals surface area contributed by atoms with Crippen LogP contribution in [0.1, 0.15) is 38.5 Å². The van der Waals surface area contributed by atoms with Crippen LogP contribution in [0.3, 0.4) is 0 Å². The first-order valence-corrected chi connectivity index (χ1v) is 18.2. The number of hydrogen-bond acceptors (Lipinski definition) is 0. The van der Waals surface area contributed by atoms with E-state index in [4.69, 9.17) is 0 Å².